The van der Waals surface area contributed by atoms with Crippen LogP contribution in [0.25, 0.3) is 0 Å². The molecule has 1 fully saturated rings. The Kier molecular flexibility index (Phi) is 5.20. The number of benzene rings is 1. The van der Waals surface area contributed by atoms with Crippen molar-refractivity contribution >= 4 is 11.8 Å². The van der Waals surface area contributed by atoms with Gasteiger partial charge in [-0.3, -0.25) is 14.3 Å². The minimum Gasteiger partial charge on any atom is -0.394 e. The first-order chi connectivity index (χ1) is 11.6. The fourth-order valence-electron chi connectivity index (χ4n) is 2.57. The van der Waals surface area contributed by atoms with E-state index in [0.29, 0.717) is 11.3 Å². The second kappa shape index (κ2) is 7.35. The van der Waals surface area contributed by atoms with E-state index in [1.807, 2.05) is 30.3 Å². The van der Waals surface area contributed by atoms with E-state index in [9.17, 15) is 14.7 Å². The summed E-state index contributed by atoms with van der Waals surface area (Å²) < 4.78 is 6.75. The third kappa shape index (κ3) is 3.62. The van der Waals surface area contributed by atoms with E-state index in [2.05, 4.69) is 4.98 Å². The Morgan fingerprint density at radius 3 is 2.71 bits per heavy atom. The molecule has 3 rings (SSSR count). The molecule has 0 bridgehead atoms. The summed E-state index contributed by atoms with van der Waals surface area (Å²) in [6.07, 6.45) is -0.629. The smallest absolute Gasteiger partial charge is 0.330 e. The fraction of sp³-hybridized carbons (Fsp3) is 0.375. The lowest BCUT2D eigenvalue weighted by Crippen LogP contribution is -2.34. The Hall–Kier alpha value is -1.87. The molecule has 1 aromatic heterocycles. The molecule has 3 atom stereocenters. The zero-order valence-corrected chi connectivity index (χ0v) is 13.6. The molecule has 1 saturated heterocycles. The second-order valence-corrected chi connectivity index (χ2v) is 6.59. The first kappa shape index (κ1) is 17.0. The Bertz CT molecular complexity index is 804. The van der Waals surface area contributed by atoms with Gasteiger partial charge >= 0.3 is 5.69 Å². The average molecular weight is 350 g/mol. The Morgan fingerprint density at radius 2 is 2.04 bits per heavy atom. The van der Waals surface area contributed by atoms with Crippen molar-refractivity contribution in [2.24, 2.45) is 0 Å². The van der Waals surface area contributed by atoms with Gasteiger partial charge in [0.1, 0.15) is 12.3 Å². The normalized spacial score (nSPS) is 23.5. The van der Waals surface area contributed by atoms with Gasteiger partial charge in [-0.25, -0.2) is 4.79 Å². The molecular formula is C16H18N2O5S. The second-order valence-electron chi connectivity index (χ2n) is 5.54. The molecule has 24 heavy (non-hydrogen) atoms. The number of hydrogen-bond donors (Lipinski definition) is 3. The van der Waals surface area contributed by atoms with Crippen LogP contribution in [0.2, 0.25) is 0 Å². The van der Waals surface area contributed by atoms with Crippen molar-refractivity contribution in [2.45, 2.75) is 35.5 Å². The van der Waals surface area contributed by atoms with Crippen LogP contribution in [0, 0.1) is 0 Å². The largest absolute Gasteiger partial charge is 0.394 e. The fourth-order valence-corrected chi connectivity index (χ4v) is 3.45. The van der Waals surface area contributed by atoms with E-state index in [-0.39, 0.29) is 13.0 Å². The minimum absolute atomic E-state index is 0.183. The van der Waals surface area contributed by atoms with Crippen LogP contribution in [-0.4, -0.2) is 38.6 Å². The molecule has 0 unspecified atom stereocenters. The highest BCUT2D eigenvalue weighted by Gasteiger charge is 2.35. The predicted molar refractivity (Wildman–Crippen MR) is 88.9 cm³/mol. The van der Waals surface area contributed by atoms with Gasteiger partial charge in [0.2, 0.25) is 0 Å². The van der Waals surface area contributed by atoms with Crippen LogP contribution >= 0.6 is 11.8 Å². The third-order valence-electron chi connectivity index (χ3n) is 3.87. The molecule has 128 valence electrons. The number of aliphatic hydroxyl groups is 2. The number of hydrogen-bond acceptors (Lipinski definition) is 6. The number of H-pyrrole nitrogens is 1. The lowest BCUT2D eigenvalue weighted by molar-refractivity contribution is -0.0459. The molecule has 1 aromatic carbocycles. The maximum atomic E-state index is 12.0. The quantitative estimate of drug-likeness (QED) is 0.677. The van der Waals surface area contributed by atoms with Gasteiger partial charge in [0.05, 0.1) is 12.7 Å². The number of nitrogens with one attached hydrogen (secondary N) is 1. The van der Waals surface area contributed by atoms with Crippen molar-refractivity contribution in [3.63, 3.8) is 0 Å². The summed E-state index contributed by atoms with van der Waals surface area (Å²) in [4.78, 5) is 27.3. The van der Waals surface area contributed by atoms with E-state index >= 15 is 0 Å². The maximum absolute atomic E-state index is 12.0. The summed E-state index contributed by atoms with van der Waals surface area (Å²) >= 11 is 1.48. The minimum atomic E-state index is -0.846. The first-order valence-electron chi connectivity index (χ1n) is 7.55. The summed E-state index contributed by atoms with van der Waals surface area (Å²) in [5.41, 5.74) is -0.588. The van der Waals surface area contributed by atoms with Gasteiger partial charge in [0, 0.05) is 28.8 Å². The number of aromatic nitrogens is 2. The highest BCUT2D eigenvalue weighted by atomic mass is 32.2. The Balaban J connectivity index is 1.81. The van der Waals surface area contributed by atoms with Crippen LogP contribution in [0.4, 0.5) is 0 Å². The predicted octanol–water partition coefficient (Wildman–Crippen LogP) is 0.470. The first-order valence-corrected chi connectivity index (χ1v) is 8.53. The van der Waals surface area contributed by atoms with Gasteiger partial charge in [0.15, 0.2) is 0 Å². The van der Waals surface area contributed by atoms with E-state index in [1.165, 1.54) is 22.5 Å². The topological polar surface area (TPSA) is 105 Å². The lowest BCUT2D eigenvalue weighted by atomic mass is 10.2. The average Bonchev–Trinajstić information content (AvgIpc) is 2.95. The lowest BCUT2D eigenvalue weighted by Gasteiger charge is -2.15. The summed E-state index contributed by atoms with van der Waals surface area (Å²) in [5, 5.41) is 19.0. The molecular weight excluding hydrogens is 332 g/mol. The van der Waals surface area contributed by atoms with Crippen LogP contribution < -0.4 is 11.2 Å². The molecule has 0 radical (unpaired) electrons. The monoisotopic (exact) mass is 350 g/mol. The van der Waals surface area contributed by atoms with Gasteiger partial charge < -0.3 is 14.9 Å². The van der Waals surface area contributed by atoms with Crippen LogP contribution in [0.5, 0.6) is 0 Å². The summed E-state index contributed by atoms with van der Waals surface area (Å²) in [6.45, 7) is -0.327. The zero-order chi connectivity index (χ0) is 17.1. The van der Waals surface area contributed by atoms with E-state index in [4.69, 9.17) is 9.84 Å². The molecule has 0 aliphatic carbocycles. The van der Waals surface area contributed by atoms with Crippen LogP contribution in [0.3, 0.4) is 0 Å². The maximum Gasteiger partial charge on any atom is 0.330 e. The van der Waals surface area contributed by atoms with Crippen molar-refractivity contribution in [1.29, 1.82) is 0 Å². The van der Waals surface area contributed by atoms with Crippen molar-refractivity contribution in [3.05, 3.63) is 62.9 Å². The van der Waals surface area contributed by atoms with Crippen LogP contribution in [0.15, 0.2) is 51.0 Å². The van der Waals surface area contributed by atoms with Gasteiger partial charge in [-0.2, -0.15) is 0 Å². The number of rotatable bonds is 5. The number of ether oxygens (including phenoxy) is 1. The number of aliphatic hydroxyl groups excluding tert-OH is 2. The van der Waals surface area contributed by atoms with Crippen LogP contribution in [0.1, 0.15) is 18.2 Å². The zero-order valence-electron chi connectivity index (χ0n) is 12.8. The van der Waals surface area contributed by atoms with Gasteiger partial charge in [-0.15, -0.1) is 11.8 Å². The molecule has 1 aliphatic rings. The van der Waals surface area contributed by atoms with Crippen molar-refractivity contribution < 1.29 is 14.9 Å². The number of thioether (sulfide) groups is 1. The summed E-state index contributed by atoms with van der Waals surface area (Å²) in [5.74, 6) is 0.401. The molecule has 7 nitrogen and oxygen atoms in total. The Morgan fingerprint density at radius 1 is 1.29 bits per heavy atom. The van der Waals surface area contributed by atoms with E-state index < -0.39 is 29.7 Å². The number of nitrogens with zero attached hydrogens (tertiary/aromatic N) is 1. The summed E-state index contributed by atoms with van der Waals surface area (Å²) in [7, 11) is 0. The summed E-state index contributed by atoms with van der Waals surface area (Å²) in [6, 6.07) is 9.62. The molecule has 1 aliphatic heterocycles. The van der Waals surface area contributed by atoms with E-state index in [0.717, 1.165) is 4.90 Å². The molecule has 3 N–H and O–H groups in total. The standard InChI is InChI=1S/C16H18N2O5S/c19-8-13-12(20)6-14(23-13)18-7-10(15(21)17-16(18)22)9-24-11-4-2-1-3-5-11/h1-5,7,12-14,19-20H,6,8-9H2,(H,17,21,22)/t12-,13+,14+/m0/s1. The third-order valence-corrected chi connectivity index (χ3v) is 4.93. The molecule has 0 saturated carbocycles. The van der Waals surface area contributed by atoms with Gasteiger partial charge in [-0.1, -0.05) is 18.2 Å². The molecule has 2 heterocycles. The van der Waals surface area contributed by atoms with E-state index in [1.54, 1.807) is 0 Å². The highest BCUT2D eigenvalue weighted by Crippen LogP contribution is 2.27. The van der Waals surface area contributed by atoms with Crippen molar-refractivity contribution in [2.75, 3.05) is 6.61 Å². The van der Waals surface area contributed by atoms with Crippen molar-refractivity contribution in [1.82, 2.24) is 9.55 Å². The number of aromatic amines is 1. The van der Waals surface area contributed by atoms with Crippen LogP contribution in [-0.2, 0) is 10.5 Å². The van der Waals surface area contributed by atoms with Gasteiger partial charge in [-0.05, 0) is 12.1 Å². The SMILES string of the molecule is O=c1[nH]c(=O)n([C@H]2C[C@H](O)[C@@H](CO)O2)cc1CSc1ccccc1. The molecule has 8 heteroatoms. The molecule has 0 amide bonds. The Labute approximate surface area is 141 Å². The molecule has 2 aromatic rings. The van der Waals surface area contributed by atoms with Crippen molar-refractivity contribution in [3.8, 4) is 0 Å². The van der Waals surface area contributed by atoms with Gasteiger partial charge in [0.25, 0.3) is 5.56 Å². The molecule has 0 spiro atoms. The highest BCUT2D eigenvalue weighted by molar-refractivity contribution is 7.98.